The number of aromatic nitrogens is 4. The molecule has 1 aliphatic heterocycles. The van der Waals surface area contributed by atoms with Crippen molar-refractivity contribution in [2.24, 2.45) is 0 Å². The number of hydrogen-bond acceptors (Lipinski definition) is 5. The highest BCUT2D eigenvalue weighted by Crippen LogP contribution is 2.40. The Balaban J connectivity index is 0.00000113. The van der Waals surface area contributed by atoms with Crippen molar-refractivity contribution in [3.05, 3.63) is 71.0 Å². The topological polar surface area (TPSA) is 121 Å². The van der Waals surface area contributed by atoms with Gasteiger partial charge in [0, 0.05) is 52.1 Å². The number of aromatic amines is 1. The van der Waals surface area contributed by atoms with E-state index in [0.717, 1.165) is 28.4 Å². The largest absolute Gasteiger partial charge is 0.412 e. The molecule has 9 heteroatoms. The number of hydrogen-bond donors (Lipinski definition) is 1. The van der Waals surface area contributed by atoms with E-state index < -0.39 is 0 Å². The van der Waals surface area contributed by atoms with Gasteiger partial charge in [-0.05, 0) is 36.2 Å². The molecule has 1 aliphatic rings. The van der Waals surface area contributed by atoms with E-state index in [9.17, 15) is 0 Å². The van der Waals surface area contributed by atoms with E-state index in [1.807, 2.05) is 42.9 Å². The number of nitrogens with one attached hydrogen (secondary N) is 1. The van der Waals surface area contributed by atoms with Crippen LogP contribution in [0.15, 0.2) is 54.1 Å². The van der Waals surface area contributed by atoms with Crippen molar-refractivity contribution in [2.75, 3.05) is 6.54 Å². The summed E-state index contributed by atoms with van der Waals surface area (Å²) in [5.41, 5.74) is 3.44. The van der Waals surface area contributed by atoms with Crippen LogP contribution in [0.5, 0.6) is 0 Å². The highest BCUT2D eigenvalue weighted by molar-refractivity contribution is 7.97. The molecule has 3 heterocycles. The van der Waals surface area contributed by atoms with E-state index in [1.165, 1.54) is 11.3 Å². The zero-order valence-electron chi connectivity index (χ0n) is 13.2. The van der Waals surface area contributed by atoms with Crippen molar-refractivity contribution >= 4 is 23.5 Å². The Kier molecular flexibility index (Phi) is 6.51. The summed E-state index contributed by atoms with van der Waals surface area (Å²) in [6, 6.07) is 7.99. The normalized spacial score (nSPS) is 16.4. The lowest BCUT2D eigenvalue weighted by atomic mass is 9.97. The molecule has 2 aromatic heterocycles. The lowest BCUT2D eigenvalue weighted by Crippen LogP contribution is -2.30. The maximum absolute atomic E-state index is 5.98. The van der Waals surface area contributed by atoms with Crippen molar-refractivity contribution in [1.29, 1.82) is 0 Å². The first-order valence-corrected chi connectivity index (χ1v) is 8.43. The summed E-state index contributed by atoms with van der Waals surface area (Å²) < 4.78 is 2.35. The molecular formula is C16H18ClN5O2S. The van der Waals surface area contributed by atoms with E-state index in [-0.39, 0.29) is 17.0 Å². The van der Waals surface area contributed by atoms with E-state index in [2.05, 4.69) is 24.5 Å². The van der Waals surface area contributed by atoms with Crippen molar-refractivity contribution in [3.8, 4) is 0 Å². The highest BCUT2D eigenvalue weighted by atomic mass is 35.5. The quantitative estimate of drug-likeness (QED) is 0.696. The molecule has 1 unspecified atom stereocenters. The van der Waals surface area contributed by atoms with Gasteiger partial charge in [0.1, 0.15) is 6.33 Å². The lowest BCUT2D eigenvalue weighted by Gasteiger charge is -2.34. The Hall–Kier alpha value is -1.97. The van der Waals surface area contributed by atoms with E-state index >= 15 is 0 Å². The van der Waals surface area contributed by atoms with Gasteiger partial charge in [0.05, 0.1) is 12.2 Å². The third-order valence-electron chi connectivity index (χ3n) is 3.85. The van der Waals surface area contributed by atoms with Gasteiger partial charge >= 0.3 is 0 Å². The molecule has 0 saturated heterocycles. The van der Waals surface area contributed by atoms with E-state index in [0.29, 0.717) is 0 Å². The van der Waals surface area contributed by atoms with Gasteiger partial charge in [-0.3, -0.25) is 5.10 Å². The van der Waals surface area contributed by atoms with Gasteiger partial charge in [-0.15, -0.1) is 0 Å². The summed E-state index contributed by atoms with van der Waals surface area (Å²) >= 11 is 7.70. The Morgan fingerprint density at radius 2 is 1.80 bits per heavy atom. The van der Waals surface area contributed by atoms with Gasteiger partial charge in [0.15, 0.2) is 0 Å². The lowest BCUT2D eigenvalue weighted by molar-refractivity contribution is 0.381. The molecule has 7 nitrogen and oxygen atoms in total. The van der Waals surface area contributed by atoms with Crippen LogP contribution in [-0.4, -0.2) is 42.0 Å². The minimum atomic E-state index is 0. The molecule has 1 aromatic carbocycles. The van der Waals surface area contributed by atoms with Crippen molar-refractivity contribution < 1.29 is 11.0 Å². The minimum absolute atomic E-state index is 0. The molecule has 132 valence electrons. The minimum Gasteiger partial charge on any atom is -0.412 e. The second-order valence-corrected chi connectivity index (χ2v) is 6.87. The molecule has 0 bridgehead atoms. The molecule has 4 rings (SSSR count). The average molecular weight is 380 g/mol. The number of halogens is 1. The second-order valence-electron chi connectivity index (χ2n) is 5.31. The molecule has 0 saturated carbocycles. The fraction of sp³-hybridized carbons (Fsp3) is 0.188. The number of nitrogens with zero attached hydrogens (tertiary/aromatic N) is 4. The van der Waals surface area contributed by atoms with Crippen LogP contribution in [0.25, 0.3) is 0 Å². The predicted octanol–water partition coefficient (Wildman–Crippen LogP) is 1.86. The van der Waals surface area contributed by atoms with Gasteiger partial charge in [-0.25, -0.2) is 14.3 Å². The number of benzene rings is 1. The maximum atomic E-state index is 5.98. The first-order chi connectivity index (χ1) is 11.3. The van der Waals surface area contributed by atoms with Crippen LogP contribution in [0.4, 0.5) is 0 Å². The molecule has 5 N–H and O–H groups in total. The molecule has 25 heavy (non-hydrogen) atoms. The predicted molar refractivity (Wildman–Crippen MR) is 97.4 cm³/mol. The second kappa shape index (κ2) is 8.41. The monoisotopic (exact) mass is 379 g/mol. The Bertz CT molecular complexity index is 800. The molecule has 1 atom stereocenters. The molecule has 0 amide bonds. The number of H-pyrrole nitrogens is 1. The number of fused-ring (bicyclic) bond motifs is 1. The van der Waals surface area contributed by atoms with Crippen LogP contribution in [-0.2, 0) is 6.42 Å². The molecule has 0 spiro atoms. The molecule has 0 fully saturated rings. The summed E-state index contributed by atoms with van der Waals surface area (Å²) in [5, 5.41) is 8.07. The molecule has 3 aromatic rings. The van der Waals surface area contributed by atoms with Crippen LogP contribution in [0, 0.1) is 0 Å². The third-order valence-corrected chi connectivity index (χ3v) is 5.21. The molecule has 0 aliphatic carbocycles. The average Bonchev–Trinajstić information content (AvgIpc) is 3.06. The van der Waals surface area contributed by atoms with E-state index in [4.69, 9.17) is 11.6 Å². The van der Waals surface area contributed by atoms with Crippen molar-refractivity contribution in [3.63, 3.8) is 0 Å². The molecular weight excluding hydrogens is 362 g/mol. The fourth-order valence-corrected chi connectivity index (χ4v) is 3.97. The Labute approximate surface area is 154 Å². The highest BCUT2D eigenvalue weighted by Gasteiger charge is 2.31. The first kappa shape index (κ1) is 19.4. The number of rotatable bonds is 3. The van der Waals surface area contributed by atoms with Gasteiger partial charge in [0.2, 0.25) is 0 Å². The first-order valence-electron chi connectivity index (χ1n) is 7.28. The SMILES string of the molecule is Clc1ccc(SN2CCc3[nH]ncc3C2c2cncnc2)cc1.O.O. The maximum Gasteiger partial charge on any atom is 0.115 e. The van der Waals surface area contributed by atoms with Crippen LogP contribution < -0.4 is 0 Å². The van der Waals surface area contributed by atoms with Crippen LogP contribution >= 0.6 is 23.5 Å². The summed E-state index contributed by atoms with van der Waals surface area (Å²) in [6.07, 6.45) is 8.14. The summed E-state index contributed by atoms with van der Waals surface area (Å²) in [4.78, 5) is 9.51. The Morgan fingerprint density at radius 3 is 2.52 bits per heavy atom. The smallest absolute Gasteiger partial charge is 0.115 e. The Morgan fingerprint density at radius 1 is 1.08 bits per heavy atom. The van der Waals surface area contributed by atoms with Crippen molar-refractivity contribution in [2.45, 2.75) is 17.4 Å². The van der Waals surface area contributed by atoms with Gasteiger partial charge in [-0.2, -0.15) is 5.10 Å². The van der Waals surface area contributed by atoms with Gasteiger partial charge in [0.25, 0.3) is 0 Å². The van der Waals surface area contributed by atoms with Crippen LogP contribution in [0.3, 0.4) is 0 Å². The summed E-state index contributed by atoms with van der Waals surface area (Å²) in [7, 11) is 0. The standard InChI is InChI=1S/C16H14ClN5S.2H2O/c17-12-1-3-13(4-2-12)23-22-6-5-15-14(9-20-21-15)16(22)11-7-18-10-19-8-11;;/h1-4,7-10,16H,5-6H2,(H,20,21);2*1H2. The van der Waals surface area contributed by atoms with Crippen molar-refractivity contribution in [1.82, 2.24) is 24.5 Å². The molecule has 0 radical (unpaired) electrons. The van der Waals surface area contributed by atoms with E-state index in [1.54, 1.807) is 18.3 Å². The third kappa shape index (κ3) is 4.00. The summed E-state index contributed by atoms with van der Waals surface area (Å²) in [6.45, 7) is 0.919. The zero-order valence-corrected chi connectivity index (χ0v) is 14.8. The van der Waals surface area contributed by atoms with Crippen LogP contribution in [0.2, 0.25) is 5.02 Å². The zero-order chi connectivity index (χ0) is 15.6. The fourth-order valence-electron chi connectivity index (χ4n) is 2.79. The summed E-state index contributed by atoms with van der Waals surface area (Å²) in [5.74, 6) is 0. The van der Waals surface area contributed by atoms with Gasteiger partial charge in [-0.1, -0.05) is 11.6 Å². The van der Waals surface area contributed by atoms with Gasteiger partial charge < -0.3 is 11.0 Å². The van der Waals surface area contributed by atoms with Crippen LogP contribution in [0.1, 0.15) is 22.9 Å².